The van der Waals surface area contributed by atoms with Crippen LogP contribution in [0.1, 0.15) is 54.5 Å². The number of aliphatic hydroxyl groups is 2. The molecule has 10 heteroatoms. The zero-order valence-corrected chi connectivity index (χ0v) is 27.8. The fourth-order valence-electron chi connectivity index (χ4n) is 6.43. The third kappa shape index (κ3) is 10.0. The molecule has 258 valence electrons. The minimum absolute atomic E-state index is 0.0340. The second kappa shape index (κ2) is 18.0. The molecule has 3 aromatic rings. The van der Waals surface area contributed by atoms with Gasteiger partial charge in [0.2, 0.25) is 5.91 Å². The number of nitrogens with zero attached hydrogens (tertiary/aromatic N) is 2. The lowest BCUT2D eigenvalue weighted by Crippen LogP contribution is -2.46. The number of carbonyl (C=O) groups excluding carboxylic acids is 2. The standard InChI is InChI=1S/C38H49N3O7/c1-2-21-48-38(45)39-33(25-28-8-4-3-5-9-28)34(42)16-17-36(44)41(37-32-11-7-6-10-30(32)26-35(37)43)27-29-12-14-31(15-13-29)47-24-20-40-18-22-46-23-19-40/h3-15,33-35,37,42-43H,2,16-27H2,1H3,(H,39,45)/t33-,34-,35+,37-/m0/s1. The molecule has 1 heterocycles. The average Bonchev–Trinajstić information content (AvgIpc) is 3.45. The Kier molecular flexibility index (Phi) is 13.2. The van der Waals surface area contributed by atoms with Gasteiger partial charge in [0, 0.05) is 39.0 Å². The molecule has 0 radical (unpaired) electrons. The summed E-state index contributed by atoms with van der Waals surface area (Å²) < 4.78 is 16.6. The summed E-state index contributed by atoms with van der Waals surface area (Å²) >= 11 is 0. The predicted molar refractivity (Wildman–Crippen MR) is 183 cm³/mol. The number of aliphatic hydroxyl groups excluding tert-OH is 2. The van der Waals surface area contributed by atoms with Gasteiger partial charge >= 0.3 is 6.09 Å². The minimum atomic E-state index is -1.00. The van der Waals surface area contributed by atoms with Crippen LogP contribution in [0.3, 0.4) is 0 Å². The molecule has 2 aliphatic rings. The number of alkyl carbamates (subject to hydrolysis) is 1. The summed E-state index contributed by atoms with van der Waals surface area (Å²) in [6.45, 7) is 7.21. The Balaban J connectivity index is 1.26. The van der Waals surface area contributed by atoms with Crippen LogP contribution < -0.4 is 10.1 Å². The van der Waals surface area contributed by atoms with Crippen LogP contribution in [0.5, 0.6) is 5.75 Å². The zero-order chi connectivity index (χ0) is 33.7. The number of amides is 2. The Morgan fingerprint density at radius 3 is 2.46 bits per heavy atom. The summed E-state index contributed by atoms with van der Waals surface area (Å²) in [5.41, 5.74) is 3.81. The number of rotatable bonds is 16. The van der Waals surface area contributed by atoms with Gasteiger partial charge in [0.15, 0.2) is 0 Å². The fraction of sp³-hybridized carbons (Fsp3) is 0.474. The minimum Gasteiger partial charge on any atom is -0.492 e. The maximum atomic E-state index is 14.1. The molecule has 0 aromatic heterocycles. The van der Waals surface area contributed by atoms with Gasteiger partial charge in [-0.3, -0.25) is 9.69 Å². The second-order valence-corrected chi connectivity index (χ2v) is 12.6. The molecular weight excluding hydrogens is 610 g/mol. The third-order valence-corrected chi connectivity index (χ3v) is 9.04. The first-order chi connectivity index (χ1) is 23.4. The smallest absolute Gasteiger partial charge is 0.407 e. The van der Waals surface area contributed by atoms with Crippen LogP contribution in [-0.2, 0) is 33.7 Å². The van der Waals surface area contributed by atoms with Gasteiger partial charge in [-0.25, -0.2) is 4.79 Å². The first-order valence-corrected chi connectivity index (χ1v) is 17.1. The maximum absolute atomic E-state index is 14.1. The van der Waals surface area contributed by atoms with Crippen molar-refractivity contribution in [3.05, 3.63) is 101 Å². The lowest BCUT2D eigenvalue weighted by Gasteiger charge is -2.33. The van der Waals surface area contributed by atoms with Crippen molar-refractivity contribution in [1.82, 2.24) is 15.1 Å². The van der Waals surface area contributed by atoms with E-state index in [1.807, 2.05) is 85.8 Å². The van der Waals surface area contributed by atoms with Crippen molar-refractivity contribution in [2.45, 2.75) is 69.9 Å². The first-order valence-electron chi connectivity index (χ1n) is 17.1. The normalized spacial score (nSPS) is 18.8. The molecule has 0 bridgehead atoms. The highest BCUT2D eigenvalue weighted by atomic mass is 16.5. The summed E-state index contributed by atoms with van der Waals surface area (Å²) in [6, 6.07) is 24.0. The summed E-state index contributed by atoms with van der Waals surface area (Å²) in [6.07, 6.45) is -0.648. The molecule has 4 atom stereocenters. The third-order valence-electron chi connectivity index (χ3n) is 9.04. The van der Waals surface area contributed by atoms with Crippen molar-refractivity contribution in [2.75, 3.05) is 46.1 Å². The second-order valence-electron chi connectivity index (χ2n) is 12.6. The van der Waals surface area contributed by atoms with Gasteiger partial charge in [-0.1, -0.05) is 73.7 Å². The van der Waals surface area contributed by atoms with Gasteiger partial charge in [0.05, 0.1) is 44.1 Å². The fourth-order valence-corrected chi connectivity index (χ4v) is 6.43. The van der Waals surface area contributed by atoms with Crippen LogP contribution in [0.15, 0.2) is 78.9 Å². The molecule has 1 aliphatic carbocycles. The van der Waals surface area contributed by atoms with Crippen LogP contribution >= 0.6 is 0 Å². The number of benzene rings is 3. The van der Waals surface area contributed by atoms with Crippen molar-refractivity contribution in [2.24, 2.45) is 0 Å². The molecule has 5 rings (SSSR count). The Bertz CT molecular complexity index is 1430. The highest BCUT2D eigenvalue weighted by Crippen LogP contribution is 2.37. The molecule has 0 spiro atoms. The largest absolute Gasteiger partial charge is 0.492 e. The van der Waals surface area contributed by atoms with E-state index < -0.39 is 30.4 Å². The van der Waals surface area contributed by atoms with E-state index in [4.69, 9.17) is 14.2 Å². The molecule has 0 saturated carbocycles. The van der Waals surface area contributed by atoms with Crippen molar-refractivity contribution < 1.29 is 34.0 Å². The summed E-state index contributed by atoms with van der Waals surface area (Å²) in [4.78, 5) is 30.6. The van der Waals surface area contributed by atoms with Gasteiger partial charge in [-0.05, 0) is 53.6 Å². The Hall–Kier alpha value is -3.96. The molecule has 2 amide bonds. The van der Waals surface area contributed by atoms with Gasteiger partial charge in [0.1, 0.15) is 12.4 Å². The predicted octanol–water partition coefficient (Wildman–Crippen LogP) is 4.27. The van der Waals surface area contributed by atoms with E-state index in [-0.39, 0.29) is 31.9 Å². The molecule has 0 unspecified atom stereocenters. The Morgan fingerprint density at radius 2 is 1.71 bits per heavy atom. The van der Waals surface area contributed by atoms with Crippen molar-refractivity contribution in [3.8, 4) is 5.75 Å². The average molecular weight is 660 g/mol. The molecule has 3 aromatic carbocycles. The number of hydrogen-bond acceptors (Lipinski definition) is 8. The topological polar surface area (TPSA) is 121 Å². The van der Waals surface area contributed by atoms with E-state index in [9.17, 15) is 19.8 Å². The molecule has 3 N–H and O–H groups in total. The van der Waals surface area contributed by atoms with Gasteiger partial charge in [0.25, 0.3) is 0 Å². The quantitative estimate of drug-likeness (QED) is 0.209. The first kappa shape index (κ1) is 35.3. The van der Waals surface area contributed by atoms with Crippen LogP contribution in [-0.4, -0.2) is 96.3 Å². The van der Waals surface area contributed by atoms with E-state index in [1.165, 1.54) is 0 Å². The lowest BCUT2D eigenvalue weighted by atomic mass is 9.97. The number of morpholine rings is 1. The van der Waals surface area contributed by atoms with E-state index in [0.29, 0.717) is 25.9 Å². The molecule has 1 saturated heterocycles. The van der Waals surface area contributed by atoms with E-state index in [2.05, 4.69) is 10.2 Å². The van der Waals surface area contributed by atoms with Gasteiger partial charge < -0.3 is 34.6 Å². The van der Waals surface area contributed by atoms with Gasteiger partial charge in [-0.15, -0.1) is 0 Å². The number of carbonyl (C=O) groups is 2. The molecule has 1 fully saturated rings. The maximum Gasteiger partial charge on any atom is 0.407 e. The SMILES string of the molecule is CCCOC(=O)N[C@@H](Cc1ccccc1)[C@@H](O)CCC(=O)N(Cc1ccc(OCCN2CCOCC2)cc1)[C@H]1c2ccccc2C[C@H]1O. The summed E-state index contributed by atoms with van der Waals surface area (Å²) in [7, 11) is 0. The van der Waals surface area contributed by atoms with E-state index >= 15 is 0 Å². The zero-order valence-electron chi connectivity index (χ0n) is 27.8. The molecule has 1 aliphatic heterocycles. The van der Waals surface area contributed by atoms with Crippen LogP contribution in [0.2, 0.25) is 0 Å². The molecular formula is C38H49N3O7. The van der Waals surface area contributed by atoms with Crippen LogP contribution in [0.4, 0.5) is 4.79 Å². The van der Waals surface area contributed by atoms with Crippen molar-refractivity contribution >= 4 is 12.0 Å². The highest BCUT2D eigenvalue weighted by Gasteiger charge is 2.38. The van der Waals surface area contributed by atoms with Crippen molar-refractivity contribution in [3.63, 3.8) is 0 Å². The lowest BCUT2D eigenvalue weighted by molar-refractivity contribution is -0.137. The van der Waals surface area contributed by atoms with E-state index in [0.717, 1.165) is 60.9 Å². The van der Waals surface area contributed by atoms with Crippen molar-refractivity contribution in [1.29, 1.82) is 0 Å². The van der Waals surface area contributed by atoms with Crippen LogP contribution in [0.25, 0.3) is 0 Å². The summed E-state index contributed by atoms with van der Waals surface area (Å²) in [5.74, 6) is 0.571. The number of hydrogen-bond donors (Lipinski definition) is 3. The molecule has 48 heavy (non-hydrogen) atoms. The van der Waals surface area contributed by atoms with E-state index in [1.54, 1.807) is 4.90 Å². The van der Waals surface area contributed by atoms with Crippen LogP contribution in [0, 0.1) is 0 Å². The molecule has 10 nitrogen and oxygen atoms in total. The highest BCUT2D eigenvalue weighted by molar-refractivity contribution is 5.77. The number of fused-ring (bicyclic) bond motifs is 1. The Morgan fingerprint density at radius 1 is 0.979 bits per heavy atom. The monoisotopic (exact) mass is 659 g/mol. The number of ether oxygens (including phenoxy) is 3. The summed E-state index contributed by atoms with van der Waals surface area (Å²) in [5, 5.41) is 25.3. The number of nitrogens with one attached hydrogen (secondary N) is 1. The Labute approximate surface area is 283 Å². The van der Waals surface area contributed by atoms with Gasteiger partial charge in [-0.2, -0.15) is 0 Å².